The standard InChI is InChI=1S/C18H28N4O2.HI/c1-14-5-7-15(8-6-14)13-20-16(19)21-9-11-22(12-10-21)17(23)24-18(2,3)4;/h5-8H,9-13H2,1-4H3,(H2,19,20);1H. The monoisotopic (exact) mass is 460 g/mol. The molecule has 0 atom stereocenters. The smallest absolute Gasteiger partial charge is 0.410 e. The first-order chi connectivity index (χ1) is 11.2. The van der Waals surface area contributed by atoms with Crippen molar-refractivity contribution in [3.8, 4) is 0 Å². The van der Waals surface area contributed by atoms with Gasteiger partial charge in [-0.25, -0.2) is 9.79 Å². The van der Waals surface area contributed by atoms with Gasteiger partial charge in [-0.05, 0) is 33.3 Å². The number of aryl methyl sites for hydroxylation is 1. The van der Waals surface area contributed by atoms with Gasteiger partial charge in [-0.1, -0.05) is 29.8 Å². The fourth-order valence-corrected chi connectivity index (χ4v) is 2.41. The number of nitrogens with zero attached hydrogens (tertiary/aromatic N) is 3. The number of carbonyl (C=O) groups excluding carboxylic acids is 1. The predicted molar refractivity (Wildman–Crippen MR) is 111 cm³/mol. The number of amides is 1. The highest BCUT2D eigenvalue weighted by Crippen LogP contribution is 2.12. The molecule has 0 aliphatic carbocycles. The van der Waals surface area contributed by atoms with Gasteiger partial charge < -0.3 is 20.3 Å². The van der Waals surface area contributed by atoms with Gasteiger partial charge >= 0.3 is 6.09 Å². The van der Waals surface area contributed by atoms with Gasteiger partial charge in [0.05, 0.1) is 6.54 Å². The number of benzene rings is 1. The van der Waals surface area contributed by atoms with Crippen LogP contribution in [-0.4, -0.2) is 53.6 Å². The van der Waals surface area contributed by atoms with E-state index in [2.05, 4.69) is 36.2 Å². The summed E-state index contributed by atoms with van der Waals surface area (Å²) in [5, 5.41) is 0. The minimum atomic E-state index is -0.470. The lowest BCUT2D eigenvalue weighted by molar-refractivity contribution is 0.0186. The lowest BCUT2D eigenvalue weighted by Gasteiger charge is -2.36. The average molecular weight is 460 g/mol. The number of carbonyl (C=O) groups is 1. The molecular formula is C18H29IN4O2. The van der Waals surface area contributed by atoms with Crippen LogP contribution in [0.25, 0.3) is 0 Å². The topological polar surface area (TPSA) is 71.2 Å². The molecule has 1 aliphatic heterocycles. The van der Waals surface area contributed by atoms with Crippen molar-refractivity contribution in [1.29, 1.82) is 0 Å². The molecule has 1 heterocycles. The SMILES string of the molecule is Cc1ccc(CN=C(N)N2CCN(C(=O)OC(C)(C)C)CC2)cc1.I. The van der Waals surface area contributed by atoms with E-state index in [-0.39, 0.29) is 30.1 Å². The number of halogens is 1. The van der Waals surface area contributed by atoms with Crippen molar-refractivity contribution in [3.05, 3.63) is 35.4 Å². The summed E-state index contributed by atoms with van der Waals surface area (Å²) in [6, 6.07) is 8.26. The summed E-state index contributed by atoms with van der Waals surface area (Å²) < 4.78 is 5.39. The minimum absolute atomic E-state index is 0. The Balaban J connectivity index is 0.00000312. The Morgan fingerprint density at radius 3 is 2.16 bits per heavy atom. The first kappa shape index (κ1) is 21.5. The summed E-state index contributed by atoms with van der Waals surface area (Å²) in [4.78, 5) is 20.2. The molecule has 1 saturated heterocycles. The van der Waals surface area contributed by atoms with Crippen LogP contribution in [0, 0.1) is 6.92 Å². The van der Waals surface area contributed by atoms with Gasteiger partial charge in [0.15, 0.2) is 5.96 Å². The fraction of sp³-hybridized carbons (Fsp3) is 0.556. The molecule has 0 bridgehead atoms. The number of guanidine groups is 1. The van der Waals surface area contributed by atoms with E-state index in [1.807, 2.05) is 25.7 Å². The molecule has 1 amide bonds. The normalized spacial score (nSPS) is 15.6. The molecule has 1 fully saturated rings. The molecule has 0 radical (unpaired) electrons. The second-order valence-electron chi connectivity index (χ2n) is 7.11. The summed E-state index contributed by atoms with van der Waals surface area (Å²) in [5.74, 6) is 0.527. The second kappa shape index (κ2) is 9.26. The Morgan fingerprint density at radius 1 is 1.12 bits per heavy atom. The van der Waals surface area contributed by atoms with Gasteiger partial charge in [-0.3, -0.25) is 0 Å². The van der Waals surface area contributed by atoms with E-state index in [1.54, 1.807) is 4.90 Å². The van der Waals surface area contributed by atoms with Gasteiger partial charge in [0.25, 0.3) is 0 Å². The van der Waals surface area contributed by atoms with E-state index in [0.29, 0.717) is 38.7 Å². The van der Waals surface area contributed by atoms with E-state index in [4.69, 9.17) is 10.5 Å². The maximum Gasteiger partial charge on any atom is 0.410 e. The van der Waals surface area contributed by atoms with Gasteiger partial charge in [0.1, 0.15) is 5.60 Å². The van der Waals surface area contributed by atoms with Crippen LogP contribution in [0.5, 0.6) is 0 Å². The van der Waals surface area contributed by atoms with Crippen molar-refractivity contribution in [3.63, 3.8) is 0 Å². The third-order valence-electron chi connectivity index (χ3n) is 3.80. The van der Waals surface area contributed by atoms with Crippen LogP contribution < -0.4 is 5.73 Å². The molecule has 2 rings (SSSR count). The van der Waals surface area contributed by atoms with Crippen LogP contribution in [0.2, 0.25) is 0 Å². The number of aliphatic imine (C=N–C) groups is 1. The summed E-state index contributed by atoms with van der Waals surface area (Å²) in [7, 11) is 0. The fourth-order valence-electron chi connectivity index (χ4n) is 2.41. The molecule has 1 aromatic rings. The van der Waals surface area contributed by atoms with Crippen LogP contribution in [0.3, 0.4) is 0 Å². The largest absolute Gasteiger partial charge is 0.444 e. The number of piperazine rings is 1. The molecule has 2 N–H and O–H groups in total. The first-order valence-electron chi connectivity index (χ1n) is 8.33. The average Bonchev–Trinajstić information content (AvgIpc) is 2.52. The summed E-state index contributed by atoms with van der Waals surface area (Å²) >= 11 is 0. The van der Waals surface area contributed by atoms with E-state index in [9.17, 15) is 4.79 Å². The first-order valence-corrected chi connectivity index (χ1v) is 8.33. The van der Waals surface area contributed by atoms with Crippen molar-refractivity contribution >= 4 is 36.0 Å². The Kier molecular flexibility index (Phi) is 7.98. The maximum atomic E-state index is 12.1. The zero-order valence-electron chi connectivity index (χ0n) is 15.5. The van der Waals surface area contributed by atoms with E-state index < -0.39 is 5.60 Å². The number of rotatable bonds is 2. The molecule has 140 valence electrons. The van der Waals surface area contributed by atoms with Crippen LogP contribution in [-0.2, 0) is 11.3 Å². The summed E-state index contributed by atoms with van der Waals surface area (Å²) in [6.07, 6.45) is -0.266. The molecule has 0 saturated carbocycles. The lowest BCUT2D eigenvalue weighted by Crippen LogP contribution is -2.53. The van der Waals surface area contributed by atoms with Crippen molar-refractivity contribution in [2.24, 2.45) is 10.7 Å². The quantitative estimate of drug-likeness (QED) is 0.419. The summed E-state index contributed by atoms with van der Waals surface area (Å²) in [6.45, 7) is 10.8. The zero-order chi connectivity index (χ0) is 17.7. The molecule has 6 nitrogen and oxygen atoms in total. The minimum Gasteiger partial charge on any atom is -0.444 e. The van der Waals surface area contributed by atoms with Crippen LogP contribution in [0.1, 0.15) is 31.9 Å². The molecule has 0 unspecified atom stereocenters. The maximum absolute atomic E-state index is 12.1. The highest BCUT2D eigenvalue weighted by Gasteiger charge is 2.26. The third-order valence-corrected chi connectivity index (χ3v) is 3.80. The number of nitrogens with two attached hydrogens (primary N) is 1. The molecular weight excluding hydrogens is 431 g/mol. The molecule has 1 aromatic carbocycles. The third kappa shape index (κ3) is 7.09. The van der Waals surface area contributed by atoms with Crippen LogP contribution >= 0.6 is 24.0 Å². The van der Waals surface area contributed by atoms with Crippen molar-refractivity contribution in [2.75, 3.05) is 26.2 Å². The summed E-state index contributed by atoms with van der Waals surface area (Å²) in [5.41, 5.74) is 7.99. The van der Waals surface area contributed by atoms with Crippen molar-refractivity contribution in [2.45, 2.75) is 39.8 Å². The van der Waals surface area contributed by atoms with Crippen molar-refractivity contribution < 1.29 is 9.53 Å². The number of ether oxygens (including phenoxy) is 1. The van der Waals surface area contributed by atoms with Gasteiger partial charge in [-0.2, -0.15) is 0 Å². The van der Waals surface area contributed by atoms with Gasteiger partial charge in [0.2, 0.25) is 0 Å². The Morgan fingerprint density at radius 2 is 1.64 bits per heavy atom. The second-order valence-corrected chi connectivity index (χ2v) is 7.11. The lowest BCUT2D eigenvalue weighted by atomic mass is 10.1. The highest BCUT2D eigenvalue weighted by molar-refractivity contribution is 14.0. The zero-order valence-corrected chi connectivity index (χ0v) is 17.8. The van der Waals surface area contributed by atoms with Crippen molar-refractivity contribution in [1.82, 2.24) is 9.80 Å². The van der Waals surface area contributed by atoms with E-state index in [1.165, 1.54) is 5.56 Å². The number of hydrogen-bond donors (Lipinski definition) is 1. The van der Waals surface area contributed by atoms with E-state index in [0.717, 1.165) is 5.56 Å². The van der Waals surface area contributed by atoms with Crippen LogP contribution in [0.4, 0.5) is 4.79 Å². The molecule has 1 aliphatic rings. The molecule has 0 aromatic heterocycles. The molecule has 0 spiro atoms. The number of hydrogen-bond acceptors (Lipinski definition) is 3. The Bertz CT molecular complexity index is 588. The Hall–Kier alpha value is -1.51. The van der Waals surface area contributed by atoms with E-state index >= 15 is 0 Å². The molecule has 25 heavy (non-hydrogen) atoms. The van der Waals surface area contributed by atoms with Gasteiger partial charge in [0, 0.05) is 26.2 Å². The Labute approximate surface area is 167 Å². The van der Waals surface area contributed by atoms with Gasteiger partial charge in [-0.15, -0.1) is 24.0 Å². The predicted octanol–water partition coefficient (Wildman–Crippen LogP) is 2.98. The molecule has 7 heteroatoms. The van der Waals surface area contributed by atoms with Crippen LogP contribution in [0.15, 0.2) is 29.3 Å². The highest BCUT2D eigenvalue weighted by atomic mass is 127.